The van der Waals surface area contributed by atoms with Crippen LogP contribution in [-0.2, 0) is 17.6 Å². The number of carbonyl (C=O) groups is 1. The summed E-state index contributed by atoms with van der Waals surface area (Å²) in [7, 11) is 0. The molecule has 0 heterocycles. The van der Waals surface area contributed by atoms with E-state index in [1.807, 2.05) is 12.1 Å². The summed E-state index contributed by atoms with van der Waals surface area (Å²) in [6.45, 7) is 0.230. The number of carbonyl (C=O) groups excluding carboxylic acids is 1. The van der Waals surface area contributed by atoms with Crippen LogP contribution in [0.5, 0.6) is 0 Å². The first-order chi connectivity index (χ1) is 7.66. The van der Waals surface area contributed by atoms with Gasteiger partial charge in [0.25, 0.3) is 0 Å². The number of nitrogens with two attached hydrogens (primary N) is 1. The van der Waals surface area contributed by atoms with Crippen LogP contribution in [0.2, 0.25) is 0 Å². The Hall–Kier alpha value is -1.39. The number of hydrogen-bond acceptors (Lipinski definition) is 3. The van der Waals surface area contributed by atoms with Crippen molar-refractivity contribution < 1.29 is 9.90 Å². The lowest BCUT2D eigenvalue weighted by Gasteiger charge is -2.13. The molecule has 1 aliphatic carbocycles. The molecule has 0 aliphatic heterocycles. The van der Waals surface area contributed by atoms with Crippen molar-refractivity contribution >= 4 is 5.91 Å². The van der Waals surface area contributed by atoms with Gasteiger partial charge in [-0.2, -0.15) is 0 Å². The molecule has 1 atom stereocenters. The van der Waals surface area contributed by atoms with Gasteiger partial charge in [-0.25, -0.2) is 0 Å². The van der Waals surface area contributed by atoms with Gasteiger partial charge in [0.05, 0.1) is 0 Å². The van der Waals surface area contributed by atoms with Gasteiger partial charge in [-0.05, 0) is 24.0 Å². The monoisotopic (exact) mass is 220 g/mol. The van der Waals surface area contributed by atoms with Crippen molar-refractivity contribution in [2.75, 3.05) is 6.54 Å². The van der Waals surface area contributed by atoms with Gasteiger partial charge < -0.3 is 16.2 Å². The Kier molecular flexibility index (Phi) is 3.22. The number of rotatable bonds is 4. The number of hydrogen-bond donors (Lipinski definition) is 3. The summed E-state index contributed by atoms with van der Waals surface area (Å²) in [5.41, 5.74) is 7.66. The molecule has 1 unspecified atom stereocenters. The molecule has 2 rings (SSSR count). The van der Waals surface area contributed by atoms with Crippen LogP contribution in [-0.4, -0.2) is 29.7 Å². The second-order valence-electron chi connectivity index (χ2n) is 4.20. The molecule has 86 valence electrons. The molecule has 0 fully saturated rings. The standard InChI is InChI=1S/C12H16N2O2/c13-12(16)11(15)7-14-10-5-8-3-1-2-4-9(8)6-10/h1-4,10-11,14-15H,5-7H2,(H2,13,16). The highest BCUT2D eigenvalue weighted by molar-refractivity contribution is 5.78. The molecule has 1 aliphatic rings. The third-order valence-corrected chi connectivity index (χ3v) is 2.98. The molecule has 16 heavy (non-hydrogen) atoms. The molecule has 0 spiro atoms. The van der Waals surface area contributed by atoms with E-state index < -0.39 is 12.0 Å². The van der Waals surface area contributed by atoms with E-state index in [9.17, 15) is 9.90 Å². The fraction of sp³-hybridized carbons (Fsp3) is 0.417. The SMILES string of the molecule is NC(=O)C(O)CNC1Cc2ccccc2C1. The van der Waals surface area contributed by atoms with Crippen LogP contribution in [0.3, 0.4) is 0 Å². The number of primary amides is 1. The zero-order chi connectivity index (χ0) is 11.5. The van der Waals surface area contributed by atoms with Crippen LogP contribution in [0.15, 0.2) is 24.3 Å². The maximum Gasteiger partial charge on any atom is 0.247 e. The molecule has 4 nitrogen and oxygen atoms in total. The smallest absolute Gasteiger partial charge is 0.247 e. The highest BCUT2D eigenvalue weighted by Gasteiger charge is 2.21. The molecule has 0 bridgehead atoms. The maximum absolute atomic E-state index is 10.7. The lowest BCUT2D eigenvalue weighted by Crippen LogP contribution is -2.42. The summed E-state index contributed by atoms with van der Waals surface area (Å²) in [5.74, 6) is -0.678. The maximum atomic E-state index is 10.7. The van der Waals surface area contributed by atoms with Gasteiger partial charge in [0.15, 0.2) is 0 Å². The van der Waals surface area contributed by atoms with E-state index in [0.717, 1.165) is 12.8 Å². The Labute approximate surface area is 94.5 Å². The molecule has 1 aromatic carbocycles. The largest absolute Gasteiger partial charge is 0.382 e. The summed E-state index contributed by atoms with van der Waals surface area (Å²) in [6, 6.07) is 8.58. The fourth-order valence-electron chi connectivity index (χ4n) is 2.08. The van der Waals surface area contributed by atoms with Gasteiger partial charge in [0.2, 0.25) is 5.91 Å². The first-order valence-electron chi connectivity index (χ1n) is 5.44. The molecule has 1 aromatic rings. The van der Waals surface area contributed by atoms with Gasteiger partial charge in [0.1, 0.15) is 6.10 Å². The van der Waals surface area contributed by atoms with Crippen LogP contribution in [0.25, 0.3) is 0 Å². The molecule has 0 radical (unpaired) electrons. The van der Waals surface area contributed by atoms with Crippen molar-refractivity contribution in [3.05, 3.63) is 35.4 Å². The first kappa shape index (κ1) is 11.1. The average molecular weight is 220 g/mol. The molecule has 1 amide bonds. The van der Waals surface area contributed by atoms with E-state index in [0.29, 0.717) is 6.04 Å². The second-order valence-corrected chi connectivity index (χ2v) is 4.20. The number of aliphatic hydroxyl groups is 1. The lowest BCUT2D eigenvalue weighted by molar-refractivity contribution is -0.125. The van der Waals surface area contributed by atoms with E-state index in [-0.39, 0.29) is 6.54 Å². The van der Waals surface area contributed by atoms with E-state index in [2.05, 4.69) is 17.4 Å². The Morgan fingerprint density at radius 2 is 2.00 bits per heavy atom. The zero-order valence-corrected chi connectivity index (χ0v) is 9.02. The van der Waals surface area contributed by atoms with E-state index in [4.69, 9.17) is 5.73 Å². The Morgan fingerprint density at radius 1 is 1.44 bits per heavy atom. The molecule has 0 saturated heterocycles. The van der Waals surface area contributed by atoms with Crippen LogP contribution in [0.4, 0.5) is 0 Å². The minimum atomic E-state index is -1.09. The van der Waals surface area contributed by atoms with Crippen molar-refractivity contribution in [3.63, 3.8) is 0 Å². The fourth-order valence-corrected chi connectivity index (χ4v) is 2.08. The topological polar surface area (TPSA) is 75.4 Å². The average Bonchev–Trinajstić information content (AvgIpc) is 2.68. The third kappa shape index (κ3) is 2.40. The second kappa shape index (κ2) is 4.63. The van der Waals surface area contributed by atoms with Crippen LogP contribution in [0, 0.1) is 0 Å². The molecule has 4 heteroatoms. The zero-order valence-electron chi connectivity index (χ0n) is 9.02. The Balaban J connectivity index is 1.86. The van der Waals surface area contributed by atoms with Gasteiger partial charge in [-0.3, -0.25) is 4.79 Å². The van der Waals surface area contributed by atoms with Crippen molar-refractivity contribution in [2.24, 2.45) is 5.73 Å². The van der Waals surface area contributed by atoms with Gasteiger partial charge in [-0.1, -0.05) is 24.3 Å². The number of benzene rings is 1. The molecular formula is C12H16N2O2. The minimum absolute atomic E-state index is 0.230. The van der Waals surface area contributed by atoms with Crippen LogP contribution < -0.4 is 11.1 Å². The summed E-state index contributed by atoms with van der Waals surface area (Å²) < 4.78 is 0. The minimum Gasteiger partial charge on any atom is -0.382 e. The summed E-state index contributed by atoms with van der Waals surface area (Å²) in [4.78, 5) is 10.7. The first-order valence-corrected chi connectivity index (χ1v) is 5.44. The Morgan fingerprint density at radius 3 is 2.50 bits per heavy atom. The summed E-state index contributed by atoms with van der Waals surface area (Å²) in [6.07, 6.45) is 0.798. The molecule has 0 aromatic heterocycles. The number of nitrogens with one attached hydrogen (secondary N) is 1. The van der Waals surface area contributed by atoms with Gasteiger partial charge >= 0.3 is 0 Å². The molecule has 0 saturated carbocycles. The number of fused-ring (bicyclic) bond motifs is 1. The highest BCUT2D eigenvalue weighted by atomic mass is 16.3. The molecule has 4 N–H and O–H groups in total. The van der Waals surface area contributed by atoms with Gasteiger partial charge in [0, 0.05) is 12.6 Å². The third-order valence-electron chi connectivity index (χ3n) is 2.98. The quantitative estimate of drug-likeness (QED) is 0.645. The van der Waals surface area contributed by atoms with Crippen LogP contribution in [0.1, 0.15) is 11.1 Å². The van der Waals surface area contributed by atoms with E-state index >= 15 is 0 Å². The highest BCUT2D eigenvalue weighted by Crippen LogP contribution is 2.21. The van der Waals surface area contributed by atoms with Gasteiger partial charge in [-0.15, -0.1) is 0 Å². The van der Waals surface area contributed by atoms with Crippen molar-refractivity contribution in [1.29, 1.82) is 0 Å². The van der Waals surface area contributed by atoms with Crippen LogP contribution >= 0.6 is 0 Å². The predicted octanol–water partition coefficient (Wildman–Crippen LogP) is -0.410. The molecular weight excluding hydrogens is 204 g/mol. The number of amides is 1. The van der Waals surface area contributed by atoms with Crippen molar-refractivity contribution in [3.8, 4) is 0 Å². The predicted molar refractivity (Wildman–Crippen MR) is 60.8 cm³/mol. The van der Waals surface area contributed by atoms with Crippen molar-refractivity contribution in [1.82, 2.24) is 5.32 Å². The van der Waals surface area contributed by atoms with E-state index in [1.54, 1.807) is 0 Å². The normalized spacial score (nSPS) is 17.1. The Bertz CT molecular complexity index is 367. The van der Waals surface area contributed by atoms with Crippen molar-refractivity contribution in [2.45, 2.75) is 25.0 Å². The lowest BCUT2D eigenvalue weighted by atomic mass is 10.1. The summed E-state index contributed by atoms with van der Waals surface area (Å²) in [5, 5.41) is 12.4. The summed E-state index contributed by atoms with van der Waals surface area (Å²) >= 11 is 0. The van der Waals surface area contributed by atoms with E-state index in [1.165, 1.54) is 11.1 Å². The number of aliphatic hydroxyl groups excluding tert-OH is 1.